The van der Waals surface area contributed by atoms with Crippen LogP contribution < -0.4 is 14.4 Å². The van der Waals surface area contributed by atoms with Gasteiger partial charge in [0.05, 0.1) is 29.6 Å². The van der Waals surface area contributed by atoms with Crippen molar-refractivity contribution in [1.29, 1.82) is 0 Å². The van der Waals surface area contributed by atoms with Gasteiger partial charge in [-0.05, 0) is 62.1 Å². The Hall–Kier alpha value is -2.34. The van der Waals surface area contributed by atoms with E-state index in [2.05, 4.69) is 5.32 Å². The van der Waals surface area contributed by atoms with E-state index in [1.54, 1.807) is 25.1 Å². The summed E-state index contributed by atoms with van der Waals surface area (Å²) in [4.78, 5) is 12.7. The van der Waals surface area contributed by atoms with Gasteiger partial charge in [-0.25, -0.2) is 16.8 Å². The van der Waals surface area contributed by atoms with Crippen molar-refractivity contribution in [3.05, 3.63) is 47.0 Å². The first-order valence-electron chi connectivity index (χ1n) is 11.2. The van der Waals surface area contributed by atoms with Gasteiger partial charge in [0.15, 0.2) is 0 Å². The van der Waals surface area contributed by atoms with E-state index in [1.807, 2.05) is 0 Å². The van der Waals surface area contributed by atoms with Crippen LogP contribution in [0.2, 0.25) is 5.02 Å². The van der Waals surface area contributed by atoms with Gasteiger partial charge in [0.25, 0.3) is 0 Å². The van der Waals surface area contributed by atoms with E-state index in [4.69, 9.17) is 16.3 Å². The van der Waals surface area contributed by atoms with Crippen molar-refractivity contribution in [1.82, 2.24) is 4.31 Å². The van der Waals surface area contributed by atoms with E-state index in [0.29, 0.717) is 29.5 Å². The summed E-state index contributed by atoms with van der Waals surface area (Å²) in [6.45, 7) is 2.80. The number of ether oxygens (including phenoxy) is 1. The van der Waals surface area contributed by atoms with Crippen LogP contribution in [0.3, 0.4) is 0 Å². The third kappa shape index (κ3) is 6.66. The number of aryl methyl sites for hydroxylation is 1. The number of anilines is 2. The van der Waals surface area contributed by atoms with Crippen LogP contribution in [-0.2, 0) is 24.8 Å². The second-order valence-corrected chi connectivity index (χ2v) is 12.7. The fraction of sp³-hybridized carbons (Fsp3) is 0.435. The molecule has 1 aliphatic heterocycles. The molecule has 3 rings (SSSR count). The molecule has 0 unspecified atom stereocenters. The van der Waals surface area contributed by atoms with Crippen LogP contribution in [0.25, 0.3) is 0 Å². The zero-order valence-electron chi connectivity index (χ0n) is 20.0. The number of carbonyl (C=O) groups excluding carboxylic acids is 1. The van der Waals surface area contributed by atoms with E-state index < -0.39 is 26.0 Å². The molecule has 1 saturated heterocycles. The van der Waals surface area contributed by atoms with Crippen LogP contribution in [-0.4, -0.2) is 60.0 Å². The average molecular weight is 544 g/mol. The molecule has 0 aromatic heterocycles. The molecule has 0 atom stereocenters. The summed E-state index contributed by atoms with van der Waals surface area (Å²) in [6.07, 6.45) is 2.98. The lowest BCUT2D eigenvalue weighted by Gasteiger charge is -2.24. The number of rotatable bonds is 10. The Morgan fingerprint density at radius 1 is 1.11 bits per heavy atom. The highest BCUT2D eigenvalue weighted by Gasteiger charge is 2.28. The van der Waals surface area contributed by atoms with Crippen molar-refractivity contribution in [2.75, 3.05) is 42.6 Å². The van der Waals surface area contributed by atoms with Crippen molar-refractivity contribution in [2.24, 2.45) is 0 Å². The van der Waals surface area contributed by atoms with Gasteiger partial charge < -0.3 is 10.1 Å². The Morgan fingerprint density at radius 2 is 1.80 bits per heavy atom. The molecule has 0 saturated carbocycles. The third-order valence-electron chi connectivity index (χ3n) is 5.75. The normalized spacial score (nSPS) is 14.6. The molecule has 1 amide bonds. The molecule has 192 valence electrons. The van der Waals surface area contributed by atoms with Crippen molar-refractivity contribution in [3.8, 4) is 5.75 Å². The zero-order valence-corrected chi connectivity index (χ0v) is 22.3. The second-order valence-electron chi connectivity index (χ2n) is 8.39. The van der Waals surface area contributed by atoms with E-state index in [0.717, 1.165) is 24.7 Å². The molecule has 1 fully saturated rings. The number of benzene rings is 2. The maximum absolute atomic E-state index is 12.9. The first-order valence-corrected chi connectivity index (χ1v) is 14.8. The van der Waals surface area contributed by atoms with Gasteiger partial charge in [-0.2, -0.15) is 4.31 Å². The molecule has 0 aliphatic carbocycles. The highest BCUT2D eigenvalue weighted by molar-refractivity contribution is 7.92. The van der Waals surface area contributed by atoms with E-state index in [-0.39, 0.29) is 30.0 Å². The van der Waals surface area contributed by atoms with Crippen molar-refractivity contribution in [3.63, 3.8) is 0 Å². The molecule has 0 spiro atoms. The maximum atomic E-state index is 12.9. The Bertz CT molecular complexity index is 1290. The quantitative estimate of drug-likeness (QED) is 0.489. The number of carbonyl (C=O) groups is 1. The molecule has 35 heavy (non-hydrogen) atoms. The summed E-state index contributed by atoms with van der Waals surface area (Å²) in [5.41, 5.74) is 1.44. The number of sulfonamides is 2. The second kappa shape index (κ2) is 11.2. The van der Waals surface area contributed by atoms with Gasteiger partial charge in [0, 0.05) is 31.1 Å². The number of nitrogens with zero attached hydrogens (tertiary/aromatic N) is 2. The number of halogens is 1. The Labute approximate surface area is 212 Å². The van der Waals surface area contributed by atoms with Crippen LogP contribution in [0.15, 0.2) is 41.3 Å². The topological polar surface area (TPSA) is 113 Å². The summed E-state index contributed by atoms with van der Waals surface area (Å²) in [7, 11) is -5.84. The van der Waals surface area contributed by atoms with Gasteiger partial charge in [0.1, 0.15) is 5.75 Å². The van der Waals surface area contributed by atoms with Gasteiger partial charge in [-0.1, -0.05) is 17.7 Å². The van der Waals surface area contributed by atoms with Gasteiger partial charge in [-0.15, -0.1) is 0 Å². The summed E-state index contributed by atoms with van der Waals surface area (Å²) in [6, 6.07) is 9.35. The summed E-state index contributed by atoms with van der Waals surface area (Å²) in [5, 5.41) is 3.11. The molecule has 12 heteroatoms. The smallest absolute Gasteiger partial charge is 0.243 e. The molecule has 1 N–H and O–H groups in total. The standard InChI is InChI=1S/C23H30ClN3O6S2/c1-17-8-9-18(24)15-21(17)27(34(3,29)30)14-6-7-23(28)25-20-16-19(10-11-22(20)33-2)35(31,32)26-12-4-5-13-26/h8-11,15-16H,4-7,12-14H2,1-3H3,(H,25,28). The van der Waals surface area contributed by atoms with Crippen molar-refractivity contribution >= 4 is 48.9 Å². The number of methoxy groups -OCH3 is 1. The highest BCUT2D eigenvalue weighted by atomic mass is 35.5. The molecule has 0 bridgehead atoms. The van der Waals surface area contributed by atoms with Gasteiger partial charge in [0.2, 0.25) is 26.0 Å². The van der Waals surface area contributed by atoms with Crippen molar-refractivity contribution in [2.45, 2.75) is 37.5 Å². The van der Waals surface area contributed by atoms with Crippen LogP contribution >= 0.6 is 11.6 Å². The number of amides is 1. The molecule has 2 aromatic carbocycles. The minimum absolute atomic E-state index is 0.0118. The average Bonchev–Trinajstić information content (AvgIpc) is 3.34. The third-order valence-corrected chi connectivity index (χ3v) is 9.06. The van der Waals surface area contributed by atoms with Crippen LogP contribution in [0, 0.1) is 6.92 Å². The Kier molecular flexibility index (Phi) is 8.68. The van der Waals surface area contributed by atoms with Crippen LogP contribution in [0.4, 0.5) is 11.4 Å². The monoisotopic (exact) mass is 543 g/mol. The molecule has 1 aliphatic rings. The van der Waals surface area contributed by atoms with Crippen LogP contribution in [0.1, 0.15) is 31.2 Å². The summed E-state index contributed by atoms with van der Waals surface area (Å²) >= 11 is 6.06. The Balaban J connectivity index is 1.71. The van der Waals surface area contributed by atoms with Crippen molar-refractivity contribution < 1.29 is 26.4 Å². The molecule has 1 heterocycles. The van der Waals surface area contributed by atoms with E-state index >= 15 is 0 Å². The largest absolute Gasteiger partial charge is 0.495 e. The fourth-order valence-corrected chi connectivity index (χ4v) is 6.66. The summed E-state index contributed by atoms with van der Waals surface area (Å²) < 4.78 is 58.5. The molecular weight excluding hydrogens is 514 g/mol. The highest BCUT2D eigenvalue weighted by Crippen LogP contribution is 2.31. The van der Waals surface area contributed by atoms with E-state index in [1.165, 1.54) is 33.9 Å². The molecular formula is C23H30ClN3O6S2. The predicted molar refractivity (Wildman–Crippen MR) is 137 cm³/mol. The summed E-state index contributed by atoms with van der Waals surface area (Å²) in [5.74, 6) is -0.0682. The van der Waals surface area contributed by atoms with E-state index in [9.17, 15) is 21.6 Å². The van der Waals surface area contributed by atoms with Gasteiger partial charge >= 0.3 is 0 Å². The van der Waals surface area contributed by atoms with Crippen LogP contribution in [0.5, 0.6) is 5.75 Å². The lowest BCUT2D eigenvalue weighted by atomic mass is 10.2. The zero-order chi connectivity index (χ0) is 25.8. The number of hydrogen-bond donors (Lipinski definition) is 1. The minimum atomic E-state index is -3.66. The predicted octanol–water partition coefficient (Wildman–Crippen LogP) is 3.63. The molecule has 0 radical (unpaired) electrons. The minimum Gasteiger partial charge on any atom is -0.495 e. The Morgan fingerprint density at radius 3 is 2.43 bits per heavy atom. The number of hydrogen-bond acceptors (Lipinski definition) is 6. The lowest BCUT2D eigenvalue weighted by molar-refractivity contribution is -0.116. The van der Waals surface area contributed by atoms with Gasteiger partial charge in [-0.3, -0.25) is 9.10 Å². The maximum Gasteiger partial charge on any atom is 0.243 e. The SMILES string of the molecule is COc1ccc(S(=O)(=O)N2CCCC2)cc1NC(=O)CCCN(c1cc(Cl)ccc1C)S(C)(=O)=O. The first kappa shape index (κ1) is 27.3. The first-order chi connectivity index (χ1) is 16.4. The number of nitrogens with one attached hydrogen (secondary N) is 1. The fourth-order valence-electron chi connectivity index (χ4n) is 3.93. The molecule has 2 aromatic rings. The lowest BCUT2D eigenvalue weighted by Crippen LogP contribution is -2.32. The molecule has 9 nitrogen and oxygen atoms in total.